The van der Waals surface area contributed by atoms with Crippen LogP contribution < -0.4 is 5.73 Å². The number of nitrogens with two attached hydrogens (primary N) is 1. The molecule has 0 aliphatic rings. The highest BCUT2D eigenvalue weighted by Crippen LogP contribution is 2.29. The number of benzene rings is 1. The third kappa shape index (κ3) is 2.13. The smallest absolute Gasteiger partial charge is 0.126 e. The van der Waals surface area contributed by atoms with Crippen LogP contribution in [0.2, 0.25) is 0 Å². The molecule has 2 nitrogen and oxygen atoms in total. The Labute approximate surface area is 100 Å². The van der Waals surface area contributed by atoms with E-state index in [2.05, 4.69) is 4.98 Å². The number of rotatable bonds is 1. The van der Waals surface area contributed by atoms with Crippen molar-refractivity contribution in [2.45, 2.75) is 20.8 Å². The molecule has 1 heterocycles. The topological polar surface area (TPSA) is 38.9 Å². The molecular weight excluding hydrogens is 215 g/mol. The van der Waals surface area contributed by atoms with Gasteiger partial charge < -0.3 is 5.73 Å². The maximum Gasteiger partial charge on any atom is 0.126 e. The van der Waals surface area contributed by atoms with E-state index in [-0.39, 0.29) is 5.82 Å². The third-order valence-corrected chi connectivity index (χ3v) is 2.90. The molecule has 2 N–H and O–H groups in total. The van der Waals surface area contributed by atoms with Gasteiger partial charge in [0.1, 0.15) is 11.6 Å². The summed E-state index contributed by atoms with van der Waals surface area (Å²) < 4.78 is 13.2. The minimum Gasteiger partial charge on any atom is -0.383 e. The van der Waals surface area contributed by atoms with Gasteiger partial charge in [-0.05, 0) is 61.2 Å². The maximum absolute atomic E-state index is 13.2. The lowest BCUT2D eigenvalue weighted by Crippen LogP contribution is -1.96. The molecular formula is C14H15FN2. The molecule has 0 unspecified atom stereocenters. The fourth-order valence-corrected chi connectivity index (χ4v) is 2.09. The van der Waals surface area contributed by atoms with Crippen molar-refractivity contribution in [2.75, 3.05) is 5.73 Å². The van der Waals surface area contributed by atoms with Crippen molar-refractivity contribution in [3.63, 3.8) is 0 Å². The third-order valence-electron chi connectivity index (χ3n) is 2.90. The van der Waals surface area contributed by atoms with Crippen LogP contribution in [0.25, 0.3) is 11.1 Å². The molecule has 0 fully saturated rings. The van der Waals surface area contributed by atoms with Gasteiger partial charge in [0.25, 0.3) is 0 Å². The number of nitrogen functional groups attached to an aromatic ring is 1. The lowest BCUT2D eigenvalue weighted by molar-refractivity contribution is 0.625. The highest BCUT2D eigenvalue weighted by Gasteiger charge is 2.09. The Hall–Kier alpha value is -1.90. The number of pyridine rings is 1. The van der Waals surface area contributed by atoms with Gasteiger partial charge in [0.05, 0.1) is 0 Å². The lowest BCUT2D eigenvalue weighted by Gasteiger charge is -2.11. The summed E-state index contributed by atoms with van der Waals surface area (Å²) in [4.78, 5) is 4.14. The standard InChI is InChI=1S/C14H15FN2/c1-8-5-12(15)6-9(2)13(8)11-4-10(3)14(16)17-7-11/h4-7H,1-3H3,(H2,16,17). The molecule has 0 spiro atoms. The van der Waals surface area contributed by atoms with Gasteiger partial charge in [-0.3, -0.25) is 0 Å². The van der Waals surface area contributed by atoms with Crippen molar-refractivity contribution in [1.82, 2.24) is 4.98 Å². The normalized spacial score (nSPS) is 10.6. The van der Waals surface area contributed by atoms with Crippen LogP contribution in [0.15, 0.2) is 24.4 Å². The summed E-state index contributed by atoms with van der Waals surface area (Å²) in [5.41, 5.74) is 10.5. The second-order valence-electron chi connectivity index (χ2n) is 4.34. The summed E-state index contributed by atoms with van der Waals surface area (Å²) in [6.45, 7) is 5.72. The Morgan fingerprint density at radius 1 is 1.00 bits per heavy atom. The number of aromatic nitrogens is 1. The molecule has 0 atom stereocenters. The molecule has 0 saturated heterocycles. The monoisotopic (exact) mass is 230 g/mol. The molecule has 3 heteroatoms. The molecule has 0 radical (unpaired) electrons. The van der Waals surface area contributed by atoms with Crippen LogP contribution in [-0.2, 0) is 0 Å². The van der Waals surface area contributed by atoms with E-state index in [0.717, 1.165) is 27.8 Å². The predicted molar refractivity (Wildman–Crippen MR) is 68.3 cm³/mol. The number of halogens is 1. The fourth-order valence-electron chi connectivity index (χ4n) is 2.09. The Kier molecular flexibility index (Phi) is 2.84. The quantitative estimate of drug-likeness (QED) is 0.815. The van der Waals surface area contributed by atoms with Gasteiger partial charge in [0.2, 0.25) is 0 Å². The minimum absolute atomic E-state index is 0.205. The number of hydrogen-bond acceptors (Lipinski definition) is 2. The van der Waals surface area contributed by atoms with E-state index in [1.54, 1.807) is 6.20 Å². The van der Waals surface area contributed by atoms with Gasteiger partial charge in [-0.1, -0.05) is 0 Å². The van der Waals surface area contributed by atoms with Crippen molar-refractivity contribution < 1.29 is 4.39 Å². The highest BCUT2D eigenvalue weighted by atomic mass is 19.1. The zero-order valence-electron chi connectivity index (χ0n) is 10.2. The molecule has 0 saturated carbocycles. The zero-order valence-corrected chi connectivity index (χ0v) is 10.2. The number of nitrogens with zero attached hydrogens (tertiary/aromatic N) is 1. The van der Waals surface area contributed by atoms with E-state index in [1.807, 2.05) is 26.8 Å². The first-order valence-corrected chi connectivity index (χ1v) is 5.48. The van der Waals surface area contributed by atoms with E-state index in [9.17, 15) is 4.39 Å². The van der Waals surface area contributed by atoms with E-state index < -0.39 is 0 Å². The molecule has 0 aliphatic heterocycles. The van der Waals surface area contributed by atoms with Crippen LogP contribution in [0.1, 0.15) is 16.7 Å². The molecule has 2 rings (SSSR count). The van der Waals surface area contributed by atoms with Crippen molar-refractivity contribution in [2.24, 2.45) is 0 Å². The molecule has 0 aliphatic carbocycles. The maximum atomic E-state index is 13.2. The summed E-state index contributed by atoms with van der Waals surface area (Å²) in [7, 11) is 0. The van der Waals surface area contributed by atoms with Crippen LogP contribution in [0.4, 0.5) is 10.2 Å². The van der Waals surface area contributed by atoms with Crippen molar-refractivity contribution in [3.05, 3.63) is 46.9 Å². The number of aryl methyl sites for hydroxylation is 3. The minimum atomic E-state index is -0.205. The van der Waals surface area contributed by atoms with Gasteiger partial charge in [0.15, 0.2) is 0 Å². The molecule has 0 bridgehead atoms. The Morgan fingerprint density at radius 2 is 1.59 bits per heavy atom. The van der Waals surface area contributed by atoms with Gasteiger partial charge in [0, 0.05) is 11.8 Å². The van der Waals surface area contributed by atoms with Crippen LogP contribution in [0, 0.1) is 26.6 Å². The second kappa shape index (κ2) is 4.17. The Balaban J connectivity index is 2.64. The second-order valence-corrected chi connectivity index (χ2v) is 4.34. The van der Waals surface area contributed by atoms with Gasteiger partial charge >= 0.3 is 0 Å². The van der Waals surface area contributed by atoms with Crippen molar-refractivity contribution in [3.8, 4) is 11.1 Å². The highest BCUT2D eigenvalue weighted by molar-refractivity contribution is 5.71. The molecule has 1 aromatic carbocycles. The first-order valence-electron chi connectivity index (χ1n) is 5.48. The fraction of sp³-hybridized carbons (Fsp3) is 0.214. The first-order chi connectivity index (χ1) is 7.99. The Morgan fingerprint density at radius 3 is 2.12 bits per heavy atom. The number of hydrogen-bond donors (Lipinski definition) is 1. The van der Waals surface area contributed by atoms with Crippen LogP contribution in [0.3, 0.4) is 0 Å². The first kappa shape index (κ1) is 11.6. The Bertz CT molecular complexity index is 553. The van der Waals surface area contributed by atoms with Crippen molar-refractivity contribution >= 4 is 5.82 Å². The lowest BCUT2D eigenvalue weighted by atomic mass is 9.96. The summed E-state index contributed by atoms with van der Waals surface area (Å²) in [6, 6.07) is 5.05. The zero-order chi connectivity index (χ0) is 12.6. The molecule has 1 aromatic heterocycles. The van der Waals surface area contributed by atoms with Gasteiger partial charge in [-0.25, -0.2) is 9.37 Å². The molecule has 2 aromatic rings. The largest absolute Gasteiger partial charge is 0.383 e. The van der Waals surface area contributed by atoms with Crippen LogP contribution in [0.5, 0.6) is 0 Å². The summed E-state index contributed by atoms with van der Waals surface area (Å²) >= 11 is 0. The average molecular weight is 230 g/mol. The average Bonchev–Trinajstić information content (AvgIpc) is 2.21. The van der Waals surface area contributed by atoms with E-state index in [1.165, 1.54) is 12.1 Å². The van der Waals surface area contributed by atoms with Gasteiger partial charge in [-0.15, -0.1) is 0 Å². The summed E-state index contributed by atoms with van der Waals surface area (Å²) in [6.07, 6.45) is 1.73. The molecule has 88 valence electrons. The van der Waals surface area contributed by atoms with Crippen LogP contribution >= 0.6 is 0 Å². The summed E-state index contributed by atoms with van der Waals surface area (Å²) in [5, 5.41) is 0. The molecule has 0 amide bonds. The van der Waals surface area contributed by atoms with E-state index in [4.69, 9.17) is 5.73 Å². The van der Waals surface area contributed by atoms with E-state index >= 15 is 0 Å². The summed E-state index contributed by atoms with van der Waals surface area (Å²) in [5.74, 6) is 0.329. The predicted octanol–water partition coefficient (Wildman–Crippen LogP) is 3.40. The number of anilines is 1. The molecule has 17 heavy (non-hydrogen) atoms. The van der Waals surface area contributed by atoms with Crippen molar-refractivity contribution in [1.29, 1.82) is 0 Å². The SMILES string of the molecule is Cc1cc(-c2c(C)cc(F)cc2C)cnc1N. The van der Waals surface area contributed by atoms with Gasteiger partial charge in [-0.2, -0.15) is 0 Å². The van der Waals surface area contributed by atoms with E-state index in [0.29, 0.717) is 5.82 Å². The van der Waals surface area contributed by atoms with Crippen LogP contribution in [-0.4, -0.2) is 4.98 Å².